The number of nitrogens with zero attached hydrogens (tertiary/aromatic N) is 1. The molecule has 146 valence electrons. The number of anilines is 1. The van der Waals surface area contributed by atoms with Crippen LogP contribution in [-0.2, 0) is 9.59 Å². The zero-order valence-corrected chi connectivity index (χ0v) is 16.1. The molecule has 5 nitrogen and oxygen atoms in total. The molecule has 0 bridgehead atoms. The molecular weight excluding hydrogens is 393 g/mol. The van der Waals surface area contributed by atoms with E-state index in [1.165, 1.54) is 34.4 Å². The number of phenols is 1. The zero-order valence-electron chi connectivity index (χ0n) is 15.3. The minimum Gasteiger partial charge on any atom is -0.507 e. The van der Waals surface area contributed by atoms with E-state index in [9.17, 15) is 24.2 Å². The number of thiophene rings is 1. The van der Waals surface area contributed by atoms with Gasteiger partial charge in [-0.25, -0.2) is 4.39 Å². The highest BCUT2D eigenvalue weighted by Crippen LogP contribution is 2.46. The van der Waals surface area contributed by atoms with Crippen molar-refractivity contribution in [3.05, 3.63) is 87.4 Å². The van der Waals surface area contributed by atoms with Gasteiger partial charge in [-0.05, 0) is 60.3 Å². The van der Waals surface area contributed by atoms with Crippen LogP contribution in [0.4, 0.5) is 10.1 Å². The van der Waals surface area contributed by atoms with Gasteiger partial charge in [-0.1, -0.05) is 12.1 Å². The third kappa shape index (κ3) is 3.19. The van der Waals surface area contributed by atoms with Crippen LogP contribution >= 0.6 is 11.3 Å². The van der Waals surface area contributed by atoms with Crippen molar-refractivity contribution in [2.24, 2.45) is 0 Å². The minimum atomic E-state index is -0.909. The topological polar surface area (TPSA) is 77.8 Å². The molecule has 1 fully saturated rings. The van der Waals surface area contributed by atoms with Gasteiger partial charge in [-0.3, -0.25) is 14.5 Å². The number of phenolic OH excluding ortho intramolecular Hbond substituents is 1. The Morgan fingerprint density at radius 1 is 1.10 bits per heavy atom. The van der Waals surface area contributed by atoms with Crippen LogP contribution in [0.15, 0.2) is 65.6 Å². The Hall–Kier alpha value is -3.45. The van der Waals surface area contributed by atoms with E-state index in [2.05, 4.69) is 0 Å². The first kappa shape index (κ1) is 18.9. The van der Waals surface area contributed by atoms with Crippen LogP contribution in [0, 0.1) is 12.7 Å². The van der Waals surface area contributed by atoms with Gasteiger partial charge in [0, 0.05) is 10.4 Å². The summed E-state index contributed by atoms with van der Waals surface area (Å²) in [6.45, 7) is 1.80. The van der Waals surface area contributed by atoms with Gasteiger partial charge in [0.05, 0.1) is 11.3 Å². The maximum Gasteiger partial charge on any atom is 0.300 e. The molecule has 2 aromatic carbocycles. The van der Waals surface area contributed by atoms with Crippen LogP contribution < -0.4 is 4.90 Å². The summed E-state index contributed by atoms with van der Waals surface area (Å²) in [5.41, 5.74) is 1.09. The Labute approximate surface area is 170 Å². The second-order valence-corrected chi connectivity index (χ2v) is 7.66. The summed E-state index contributed by atoms with van der Waals surface area (Å²) in [6.07, 6.45) is 0. The number of aromatic hydroxyl groups is 1. The summed E-state index contributed by atoms with van der Waals surface area (Å²) < 4.78 is 13.3. The Morgan fingerprint density at radius 3 is 2.48 bits per heavy atom. The van der Waals surface area contributed by atoms with Crippen LogP contribution in [0.5, 0.6) is 5.75 Å². The predicted octanol–water partition coefficient (Wildman–Crippen LogP) is 4.53. The highest BCUT2D eigenvalue weighted by molar-refractivity contribution is 7.10. The van der Waals surface area contributed by atoms with Crippen LogP contribution in [-0.4, -0.2) is 21.9 Å². The molecule has 0 aliphatic carbocycles. The van der Waals surface area contributed by atoms with Gasteiger partial charge in [0.15, 0.2) is 0 Å². The van der Waals surface area contributed by atoms with Crippen molar-refractivity contribution in [1.82, 2.24) is 0 Å². The van der Waals surface area contributed by atoms with E-state index in [-0.39, 0.29) is 22.6 Å². The lowest BCUT2D eigenvalue weighted by Crippen LogP contribution is -2.29. The molecule has 1 saturated heterocycles. The largest absolute Gasteiger partial charge is 0.507 e. The first-order valence-electron chi connectivity index (χ1n) is 8.78. The minimum absolute atomic E-state index is 0.107. The molecule has 1 aromatic heterocycles. The van der Waals surface area contributed by atoms with Gasteiger partial charge in [0.25, 0.3) is 11.7 Å². The number of halogens is 1. The van der Waals surface area contributed by atoms with Crippen molar-refractivity contribution < 1.29 is 24.2 Å². The first-order chi connectivity index (χ1) is 13.9. The molecule has 1 amide bonds. The Kier molecular flexibility index (Phi) is 4.68. The van der Waals surface area contributed by atoms with Crippen molar-refractivity contribution in [2.45, 2.75) is 13.0 Å². The van der Waals surface area contributed by atoms with Crippen molar-refractivity contribution in [2.75, 3.05) is 4.90 Å². The van der Waals surface area contributed by atoms with Gasteiger partial charge in [0.2, 0.25) is 0 Å². The molecular formula is C22H16FNO4S. The number of rotatable bonds is 3. The van der Waals surface area contributed by atoms with E-state index in [0.29, 0.717) is 4.88 Å². The Morgan fingerprint density at radius 2 is 1.83 bits per heavy atom. The summed E-state index contributed by atoms with van der Waals surface area (Å²) in [7, 11) is 0. The van der Waals surface area contributed by atoms with Gasteiger partial charge in [-0.15, -0.1) is 11.3 Å². The average molecular weight is 409 g/mol. The van der Waals surface area contributed by atoms with E-state index in [1.807, 2.05) is 0 Å². The number of benzene rings is 2. The number of hydrogen-bond donors (Lipinski definition) is 2. The van der Waals surface area contributed by atoms with Crippen molar-refractivity contribution in [3.63, 3.8) is 0 Å². The Balaban J connectivity index is 1.95. The van der Waals surface area contributed by atoms with Gasteiger partial charge >= 0.3 is 0 Å². The van der Waals surface area contributed by atoms with Crippen molar-refractivity contribution >= 4 is 34.5 Å². The van der Waals surface area contributed by atoms with Crippen LogP contribution in [0.2, 0.25) is 0 Å². The SMILES string of the molecule is Cc1ccc(O)c(N2C(=O)C(=O)/C(=C(\O)c3ccc(F)cc3)C2c2cccs2)c1. The molecule has 3 aromatic rings. The summed E-state index contributed by atoms with van der Waals surface area (Å²) >= 11 is 1.32. The predicted molar refractivity (Wildman–Crippen MR) is 108 cm³/mol. The number of carbonyl (C=O) groups is 2. The summed E-state index contributed by atoms with van der Waals surface area (Å²) in [4.78, 5) is 27.7. The van der Waals surface area contributed by atoms with Gasteiger partial charge in [0.1, 0.15) is 23.4 Å². The maximum atomic E-state index is 13.3. The number of aryl methyl sites for hydroxylation is 1. The van der Waals surface area contributed by atoms with Crippen LogP contribution in [0.25, 0.3) is 5.76 Å². The lowest BCUT2D eigenvalue weighted by atomic mass is 9.99. The second kappa shape index (κ2) is 7.18. The van der Waals surface area contributed by atoms with E-state index in [0.717, 1.165) is 17.7 Å². The summed E-state index contributed by atoms with van der Waals surface area (Å²) in [5, 5.41) is 23.0. The monoisotopic (exact) mass is 409 g/mol. The third-order valence-electron chi connectivity index (χ3n) is 4.77. The Bertz CT molecular complexity index is 1140. The number of aliphatic hydroxyl groups is 1. The number of carbonyl (C=O) groups excluding carboxylic acids is 2. The molecule has 4 rings (SSSR count). The van der Waals surface area contributed by atoms with E-state index in [4.69, 9.17) is 0 Å². The molecule has 29 heavy (non-hydrogen) atoms. The smallest absolute Gasteiger partial charge is 0.300 e. The highest BCUT2D eigenvalue weighted by Gasteiger charge is 2.48. The maximum absolute atomic E-state index is 13.3. The van der Waals surface area contributed by atoms with E-state index in [1.54, 1.807) is 36.6 Å². The van der Waals surface area contributed by atoms with Crippen molar-refractivity contribution in [3.8, 4) is 5.75 Å². The second-order valence-electron chi connectivity index (χ2n) is 6.68. The average Bonchev–Trinajstić information content (AvgIpc) is 3.31. The fraction of sp³-hybridized carbons (Fsp3) is 0.0909. The molecule has 1 aliphatic rings. The molecule has 7 heteroatoms. The van der Waals surface area contributed by atoms with Crippen molar-refractivity contribution in [1.29, 1.82) is 0 Å². The number of aliphatic hydroxyl groups excluding tert-OH is 1. The zero-order chi connectivity index (χ0) is 20.7. The molecule has 1 unspecified atom stereocenters. The summed E-state index contributed by atoms with van der Waals surface area (Å²) in [5.74, 6) is -2.75. The molecule has 2 heterocycles. The first-order valence-corrected chi connectivity index (χ1v) is 9.66. The number of Topliss-reactive ketones (excluding diaryl/α,β-unsaturated/α-hetero) is 1. The van der Waals surface area contributed by atoms with Gasteiger partial charge < -0.3 is 10.2 Å². The normalized spacial score (nSPS) is 18.4. The third-order valence-corrected chi connectivity index (χ3v) is 5.69. The fourth-order valence-corrected chi connectivity index (χ4v) is 4.21. The van der Waals surface area contributed by atoms with Gasteiger partial charge in [-0.2, -0.15) is 0 Å². The molecule has 0 radical (unpaired) electrons. The number of amides is 1. The van der Waals surface area contributed by atoms with Crippen LogP contribution in [0.1, 0.15) is 22.0 Å². The van der Waals surface area contributed by atoms with E-state index < -0.39 is 29.3 Å². The lowest BCUT2D eigenvalue weighted by Gasteiger charge is -2.25. The molecule has 1 aliphatic heterocycles. The molecule has 2 N–H and O–H groups in total. The highest BCUT2D eigenvalue weighted by atomic mass is 32.1. The molecule has 0 saturated carbocycles. The van der Waals surface area contributed by atoms with E-state index >= 15 is 0 Å². The van der Waals surface area contributed by atoms with Crippen LogP contribution in [0.3, 0.4) is 0 Å². The standard InChI is InChI=1S/C22H16FNO4S/c1-12-4-9-16(25)15(11-12)24-19(17-3-2-10-29-17)18(21(27)22(24)28)20(26)13-5-7-14(23)8-6-13/h2-11,19,25-26H,1H3/b20-18-. The number of ketones is 1. The quantitative estimate of drug-likeness (QED) is 0.379. The lowest BCUT2D eigenvalue weighted by molar-refractivity contribution is -0.132. The molecule has 0 spiro atoms. The summed E-state index contributed by atoms with van der Waals surface area (Å²) in [6, 6.07) is 12.4. The fourth-order valence-electron chi connectivity index (χ4n) is 3.39. The molecule has 1 atom stereocenters. The number of hydrogen-bond acceptors (Lipinski definition) is 5.